The highest BCUT2D eigenvalue weighted by molar-refractivity contribution is 6.32. The van der Waals surface area contributed by atoms with E-state index >= 15 is 0 Å². The Balaban J connectivity index is 2.18. The minimum Gasteiger partial charge on any atom is -0.381 e. The second kappa shape index (κ2) is 5.88. The van der Waals surface area contributed by atoms with E-state index < -0.39 is 0 Å². The summed E-state index contributed by atoms with van der Waals surface area (Å²) in [5, 5.41) is 4.51. The molecule has 0 unspecified atom stereocenters. The Hall–Kier alpha value is -0.740. The number of nitrogens with zero attached hydrogens (tertiary/aromatic N) is 2. The molecule has 0 saturated heterocycles. The number of nitrogen functional groups attached to an aromatic ring is 1. The van der Waals surface area contributed by atoms with Gasteiger partial charge in [-0.1, -0.05) is 24.9 Å². The first-order valence-corrected chi connectivity index (χ1v) is 5.18. The SMILES string of the molecule is CCCCOCCn1cc(Cl)c(N)n1. The third kappa shape index (κ3) is 3.55. The highest BCUT2D eigenvalue weighted by Crippen LogP contribution is 2.14. The van der Waals surface area contributed by atoms with Crippen LogP contribution in [0.3, 0.4) is 0 Å². The molecule has 1 aromatic heterocycles. The molecule has 0 radical (unpaired) electrons. The highest BCUT2D eigenvalue weighted by atomic mass is 35.5. The summed E-state index contributed by atoms with van der Waals surface area (Å²) in [6.07, 6.45) is 3.96. The molecule has 4 nitrogen and oxygen atoms in total. The maximum atomic E-state index is 5.74. The van der Waals surface area contributed by atoms with Crippen LogP contribution in [0.25, 0.3) is 0 Å². The molecule has 0 saturated carbocycles. The van der Waals surface area contributed by atoms with Gasteiger partial charge in [-0.15, -0.1) is 0 Å². The van der Waals surface area contributed by atoms with Gasteiger partial charge < -0.3 is 10.5 Å². The van der Waals surface area contributed by atoms with Crippen molar-refractivity contribution in [2.24, 2.45) is 0 Å². The summed E-state index contributed by atoms with van der Waals surface area (Å²) < 4.78 is 7.08. The molecule has 14 heavy (non-hydrogen) atoms. The highest BCUT2D eigenvalue weighted by Gasteiger charge is 2.01. The van der Waals surface area contributed by atoms with E-state index in [2.05, 4.69) is 12.0 Å². The molecule has 0 spiro atoms. The molecule has 0 fully saturated rings. The van der Waals surface area contributed by atoms with Crippen molar-refractivity contribution in [2.75, 3.05) is 18.9 Å². The van der Waals surface area contributed by atoms with Crippen molar-refractivity contribution in [3.8, 4) is 0 Å². The monoisotopic (exact) mass is 217 g/mol. The van der Waals surface area contributed by atoms with Crippen LogP contribution in [0.5, 0.6) is 0 Å². The van der Waals surface area contributed by atoms with Gasteiger partial charge in [-0.2, -0.15) is 5.10 Å². The fraction of sp³-hybridized carbons (Fsp3) is 0.667. The Morgan fingerprint density at radius 2 is 2.36 bits per heavy atom. The maximum absolute atomic E-state index is 5.74. The van der Waals surface area contributed by atoms with E-state index in [1.807, 2.05) is 0 Å². The van der Waals surface area contributed by atoms with Crippen molar-refractivity contribution >= 4 is 17.4 Å². The molecule has 0 bridgehead atoms. The minimum absolute atomic E-state index is 0.375. The molecule has 1 aromatic rings. The maximum Gasteiger partial charge on any atom is 0.164 e. The summed E-state index contributed by atoms with van der Waals surface area (Å²) in [5.41, 5.74) is 5.49. The van der Waals surface area contributed by atoms with Gasteiger partial charge in [0.2, 0.25) is 0 Å². The van der Waals surface area contributed by atoms with E-state index in [0.717, 1.165) is 19.4 Å². The third-order valence-electron chi connectivity index (χ3n) is 1.85. The second-order valence-electron chi connectivity index (χ2n) is 3.09. The molecular formula is C9H16ClN3O. The quantitative estimate of drug-likeness (QED) is 0.741. The zero-order valence-electron chi connectivity index (χ0n) is 8.37. The molecule has 2 N–H and O–H groups in total. The van der Waals surface area contributed by atoms with Gasteiger partial charge in [0, 0.05) is 12.8 Å². The van der Waals surface area contributed by atoms with E-state index in [9.17, 15) is 0 Å². The van der Waals surface area contributed by atoms with Crippen molar-refractivity contribution in [3.63, 3.8) is 0 Å². The van der Waals surface area contributed by atoms with E-state index in [1.54, 1.807) is 10.9 Å². The number of aromatic nitrogens is 2. The Morgan fingerprint density at radius 1 is 1.57 bits per heavy atom. The molecule has 1 heterocycles. The van der Waals surface area contributed by atoms with Crippen molar-refractivity contribution in [1.29, 1.82) is 0 Å². The molecular weight excluding hydrogens is 202 g/mol. The number of ether oxygens (including phenoxy) is 1. The van der Waals surface area contributed by atoms with Gasteiger partial charge in [-0.3, -0.25) is 4.68 Å². The fourth-order valence-electron chi connectivity index (χ4n) is 1.03. The van der Waals surface area contributed by atoms with Crippen molar-refractivity contribution in [3.05, 3.63) is 11.2 Å². The van der Waals surface area contributed by atoms with Crippen LogP contribution in [0, 0.1) is 0 Å². The lowest BCUT2D eigenvalue weighted by atomic mass is 10.4. The van der Waals surface area contributed by atoms with Gasteiger partial charge in [-0.25, -0.2) is 0 Å². The molecule has 0 atom stereocenters. The van der Waals surface area contributed by atoms with Crippen LogP contribution < -0.4 is 5.73 Å². The number of hydrogen-bond donors (Lipinski definition) is 1. The molecule has 80 valence electrons. The Labute approximate surface area is 89.0 Å². The first-order chi connectivity index (χ1) is 6.74. The Bertz CT molecular complexity index is 256. The van der Waals surface area contributed by atoms with Crippen LogP contribution in [-0.2, 0) is 11.3 Å². The predicted molar refractivity (Wildman–Crippen MR) is 57.4 cm³/mol. The predicted octanol–water partition coefficient (Wildman–Crippen LogP) is 1.94. The Morgan fingerprint density at radius 3 is 2.93 bits per heavy atom. The van der Waals surface area contributed by atoms with Gasteiger partial charge in [0.05, 0.1) is 13.2 Å². The summed E-state index contributed by atoms with van der Waals surface area (Å²) >= 11 is 5.74. The summed E-state index contributed by atoms with van der Waals surface area (Å²) in [6.45, 7) is 4.29. The van der Waals surface area contributed by atoms with Gasteiger partial charge in [0.25, 0.3) is 0 Å². The number of rotatable bonds is 6. The molecule has 0 aliphatic heterocycles. The molecule has 1 rings (SSSR count). The van der Waals surface area contributed by atoms with Gasteiger partial charge in [-0.05, 0) is 6.42 Å². The number of halogens is 1. The van der Waals surface area contributed by atoms with E-state index in [4.69, 9.17) is 22.1 Å². The van der Waals surface area contributed by atoms with Crippen LogP contribution in [0.15, 0.2) is 6.20 Å². The normalized spacial score (nSPS) is 10.7. The number of hydrogen-bond acceptors (Lipinski definition) is 3. The van der Waals surface area contributed by atoms with E-state index in [-0.39, 0.29) is 0 Å². The average molecular weight is 218 g/mol. The molecule has 0 aliphatic carbocycles. The zero-order chi connectivity index (χ0) is 10.4. The van der Waals surface area contributed by atoms with Gasteiger partial charge in [0.1, 0.15) is 5.02 Å². The second-order valence-corrected chi connectivity index (χ2v) is 3.50. The smallest absolute Gasteiger partial charge is 0.164 e. The topological polar surface area (TPSA) is 53.1 Å². The molecule has 0 aliphatic rings. The first-order valence-electron chi connectivity index (χ1n) is 4.80. The lowest BCUT2D eigenvalue weighted by molar-refractivity contribution is 0.121. The summed E-state index contributed by atoms with van der Waals surface area (Å²) in [5.74, 6) is 0.375. The standard InChI is InChI=1S/C9H16ClN3O/c1-2-3-5-14-6-4-13-7-8(10)9(11)12-13/h7H,2-6H2,1H3,(H2,11,12). The van der Waals surface area contributed by atoms with E-state index in [0.29, 0.717) is 24.0 Å². The summed E-state index contributed by atoms with van der Waals surface area (Å²) in [7, 11) is 0. The van der Waals surface area contributed by atoms with Gasteiger partial charge >= 0.3 is 0 Å². The lowest BCUT2D eigenvalue weighted by Crippen LogP contribution is -2.07. The van der Waals surface area contributed by atoms with Crippen molar-refractivity contribution < 1.29 is 4.74 Å². The van der Waals surface area contributed by atoms with Crippen molar-refractivity contribution in [1.82, 2.24) is 9.78 Å². The summed E-state index contributed by atoms with van der Waals surface area (Å²) in [6, 6.07) is 0. The molecule has 0 aromatic carbocycles. The van der Waals surface area contributed by atoms with Crippen LogP contribution in [0.2, 0.25) is 5.02 Å². The zero-order valence-corrected chi connectivity index (χ0v) is 9.13. The van der Waals surface area contributed by atoms with Crippen LogP contribution >= 0.6 is 11.6 Å². The number of unbranched alkanes of at least 4 members (excludes halogenated alkanes) is 1. The third-order valence-corrected chi connectivity index (χ3v) is 2.14. The fourth-order valence-corrected chi connectivity index (χ4v) is 1.18. The van der Waals surface area contributed by atoms with E-state index in [1.165, 1.54) is 0 Å². The van der Waals surface area contributed by atoms with Crippen LogP contribution in [0.4, 0.5) is 5.82 Å². The molecule has 0 amide bonds. The van der Waals surface area contributed by atoms with Crippen molar-refractivity contribution in [2.45, 2.75) is 26.3 Å². The minimum atomic E-state index is 0.375. The number of nitrogens with two attached hydrogens (primary N) is 1. The van der Waals surface area contributed by atoms with Crippen LogP contribution in [0.1, 0.15) is 19.8 Å². The van der Waals surface area contributed by atoms with Crippen LogP contribution in [-0.4, -0.2) is 23.0 Å². The number of anilines is 1. The average Bonchev–Trinajstić information content (AvgIpc) is 2.46. The Kier molecular flexibility index (Phi) is 4.76. The first kappa shape index (κ1) is 11.3. The molecule has 5 heteroatoms. The van der Waals surface area contributed by atoms with Gasteiger partial charge in [0.15, 0.2) is 5.82 Å². The summed E-state index contributed by atoms with van der Waals surface area (Å²) in [4.78, 5) is 0. The lowest BCUT2D eigenvalue weighted by Gasteiger charge is -2.02. The largest absolute Gasteiger partial charge is 0.381 e.